The van der Waals surface area contributed by atoms with Gasteiger partial charge in [-0.1, -0.05) is 55.8 Å². The van der Waals surface area contributed by atoms with Crippen LogP contribution in [0.15, 0.2) is 78.9 Å². The van der Waals surface area contributed by atoms with Gasteiger partial charge in [-0.25, -0.2) is 4.79 Å². The first-order chi connectivity index (χ1) is 20.0. The first-order valence-corrected chi connectivity index (χ1v) is 14.1. The summed E-state index contributed by atoms with van der Waals surface area (Å²) in [6, 6.07) is 20.4. The Kier molecular flexibility index (Phi) is 11.4. The maximum Gasteiger partial charge on any atom is 0.408 e. The Morgan fingerprint density at radius 1 is 0.929 bits per heavy atom. The molecule has 2 unspecified atom stereocenters. The van der Waals surface area contributed by atoms with Gasteiger partial charge in [0.15, 0.2) is 0 Å². The molecule has 9 heteroatoms. The number of unbranched alkanes of at least 4 members (excludes halogenated alkanes) is 1. The van der Waals surface area contributed by atoms with E-state index in [0.717, 1.165) is 12.0 Å². The van der Waals surface area contributed by atoms with E-state index in [4.69, 9.17) is 9.47 Å². The highest BCUT2D eigenvalue weighted by molar-refractivity contribution is 5.99. The fourth-order valence-corrected chi connectivity index (χ4v) is 4.41. The standard InChI is InChI=1S/C33H41N3O6/c1-6-7-21-36(31(39)28(22-23-11-9-8-10-12-23)35-32(40)42-33(2,3)4)29(24-13-17-26(37)18-14-24)30(38)34-25-15-19-27(41-5)20-16-25/h8-20,28-29,37H,6-7,21-22H2,1-5H3,(H,34,38)(H,35,40). The number of benzene rings is 3. The average Bonchev–Trinajstić information content (AvgIpc) is 2.95. The molecule has 9 nitrogen and oxygen atoms in total. The maximum atomic E-state index is 14.4. The van der Waals surface area contributed by atoms with E-state index in [1.54, 1.807) is 64.3 Å². The quantitative estimate of drug-likeness (QED) is 0.250. The SMILES string of the molecule is CCCCN(C(=O)C(Cc1ccccc1)NC(=O)OC(C)(C)C)C(C(=O)Nc1ccc(OC)cc1)c1ccc(O)cc1. The zero-order valence-corrected chi connectivity index (χ0v) is 24.9. The molecule has 0 aliphatic rings. The van der Waals surface area contributed by atoms with Gasteiger partial charge in [-0.15, -0.1) is 0 Å². The lowest BCUT2D eigenvalue weighted by molar-refractivity contribution is -0.140. The van der Waals surface area contributed by atoms with Gasteiger partial charge in [0, 0.05) is 18.7 Å². The summed E-state index contributed by atoms with van der Waals surface area (Å²) >= 11 is 0. The predicted molar refractivity (Wildman–Crippen MR) is 162 cm³/mol. The number of nitrogens with one attached hydrogen (secondary N) is 2. The lowest BCUT2D eigenvalue weighted by Crippen LogP contribution is -2.53. The van der Waals surface area contributed by atoms with Gasteiger partial charge in [-0.05, 0) is 74.7 Å². The van der Waals surface area contributed by atoms with Crippen LogP contribution >= 0.6 is 0 Å². The van der Waals surface area contributed by atoms with Crippen molar-refractivity contribution in [2.24, 2.45) is 0 Å². The predicted octanol–water partition coefficient (Wildman–Crippen LogP) is 5.85. The molecular weight excluding hydrogens is 534 g/mol. The molecule has 0 radical (unpaired) electrons. The Labute approximate surface area is 247 Å². The molecule has 224 valence electrons. The van der Waals surface area contributed by atoms with Gasteiger partial charge in [0.25, 0.3) is 5.91 Å². The molecular formula is C33H41N3O6. The van der Waals surface area contributed by atoms with Crippen LogP contribution in [0.1, 0.15) is 57.7 Å². The van der Waals surface area contributed by atoms with Crippen molar-refractivity contribution in [3.63, 3.8) is 0 Å². The van der Waals surface area contributed by atoms with E-state index in [9.17, 15) is 19.5 Å². The zero-order valence-electron chi connectivity index (χ0n) is 24.9. The summed E-state index contributed by atoms with van der Waals surface area (Å²) in [6.07, 6.45) is 0.871. The van der Waals surface area contributed by atoms with E-state index in [0.29, 0.717) is 23.4 Å². The number of phenols is 1. The van der Waals surface area contributed by atoms with Crippen molar-refractivity contribution in [3.05, 3.63) is 90.0 Å². The van der Waals surface area contributed by atoms with Crippen LogP contribution in [-0.4, -0.2) is 53.2 Å². The Morgan fingerprint density at radius 3 is 2.14 bits per heavy atom. The molecule has 3 amide bonds. The fourth-order valence-electron chi connectivity index (χ4n) is 4.41. The monoisotopic (exact) mass is 575 g/mol. The number of alkyl carbamates (subject to hydrolysis) is 1. The third-order valence-corrected chi connectivity index (χ3v) is 6.43. The third kappa shape index (κ3) is 9.54. The zero-order chi connectivity index (χ0) is 30.7. The molecule has 0 spiro atoms. The normalized spacial score (nSPS) is 12.5. The topological polar surface area (TPSA) is 117 Å². The third-order valence-electron chi connectivity index (χ3n) is 6.43. The summed E-state index contributed by atoms with van der Waals surface area (Å²) < 4.78 is 10.7. The van der Waals surface area contributed by atoms with E-state index < -0.39 is 35.6 Å². The van der Waals surface area contributed by atoms with E-state index in [1.165, 1.54) is 17.0 Å². The number of hydrogen-bond donors (Lipinski definition) is 3. The summed E-state index contributed by atoms with van der Waals surface area (Å²) in [6.45, 7) is 7.50. The van der Waals surface area contributed by atoms with Crippen molar-refractivity contribution >= 4 is 23.6 Å². The van der Waals surface area contributed by atoms with Crippen LogP contribution < -0.4 is 15.4 Å². The largest absolute Gasteiger partial charge is 0.508 e. The lowest BCUT2D eigenvalue weighted by Gasteiger charge is -2.34. The summed E-state index contributed by atoms with van der Waals surface area (Å²) in [4.78, 5) is 42.7. The van der Waals surface area contributed by atoms with Gasteiger partial charge >= 0.3 is 6.09 Å². The fraction of sp³-hybridized carbons (Fsp3) is 0.364. The number of rotatable bonds is 12. The Balaban J connectivity index is 2.03. The highest BCUT2D eigenvalue weighted by atomic mass is 16.6. The van der Waals surface area contributed by atoms with Crippen molar-refractivity contribution in [1.82, 2.24) is 10.2 Å². The van der Waals surface area contributed by atoms with Crippen LogP contribution in [0.3, 0.4) is 0 Å². The summed E-state index contributed by atoms with van der Waals surface area (Å²) in [7, 11) is 1.56. The highest BCUT2D eigenvalue weighted by Gasteiger charge is 2.36. The molecule has 42 heavy (non-hydrogen) atoms. The molecule has 0 heterocycles. The van der Waals surface area contributed by atoms with Crippen LogP contribution in [0, 0.1) is 0 Å². The van der Waals surface area contributed by atoms with Crippen molar-refractivity contribution in [1.29, 1.82) is 0 Å². The van der Waals surface area contributed by atoms with Gasteiger partial charge in [0.05, 0.1) is 7.11 Å². The van der Waals surface area contributed by atoms with Gasteiger partial charge < -0.3 is 30.1 Å². The highest BCUT2D eigenvalue weighted by Crippen LogP contribution is 2.27. The minimum Gasteiger partial charge on any atom is -0.508 e. The second-order valence-corrected chi connectivity index (χ2v) is 11.0. The average molecular weight is 576 g/mol. The molecule has 0 saturated carbocycles. The Morgan fingerprint density at radius 2 is 1.57 bits per heavy atom. The first kappa shape index (κ1) is 32.0. The van der Waals surface area contributed by atoms with E-state index in [1.807, 2.05) is 37.3 Å². The number of anilines is 1. The van der Waals surface area contributed by atoms with Gasteiger partial charge in [0.1, 0.15) is 29.2 Å². The molecule has 3 N–H and O–H groups in total. The number of methoxy groups -OCH3 is 1. The van der Waals surface area contributed by atoms with Crippen molar-refractivity contribution in [3.8, 4) is 11.5 Å². The molecule has 0 aromatic heterocycles. The van der Waals surface area contributed by atoms with Gasteiger partial charge in [-0.2, -0.15) is 0 Å². The number of nitrogens with zero attached hydrogens (tertiary/aromatic N) is 1. The smallest absolute Gasteiger partial charge is 0.408 e. The second kappa shape index (κ2) is 14.9. The van der Waals surface area contributed by atoms with E-state index in [-0.39, 0.29) is 18.7 Å². The minimum absolute atomic E-state index is 0.0352. The lowest BCUT2D eigenvalue weighted by atomic mass is 9.99. The number of amides is 3. The molecule has 0 aliphatic carbocycles. The van der Waals surface area contributed by atoms with Crippen molar-refractivity contribution in [2.45, 2.75) is 64.6 Å². The molecule has 0 fully saturated rings. The van der Waals surface area contributed by atoms with E-state index >= 15 is 0 Å². The second-order valence-electron chi connectivity index (χ2n) is 11.0. The molecule has 0 aliphatic heterocycles. The Bertz CT molecular complexity index is 1300. The molecule has 2 atom stereocenters. The number of ether oxygens (including phenoxy) is 2. The van der Waals surface area contributed by atoms with E-state index in [2.05, 4.69) is 10.6 Å². The molecule has 0 saturated heterocycles. The summed E-state index contributed by atoms with van der Waals surface area (Å²) in [5.41, 5.74) is 1.12. The summed E-state index contributed by atoms with van der Waals surface area (Å²) in [5.74, 6) is -0.194. The van der Waals surface area contributed by atoms with Gasteiger partial charge in [0.2, 0.25) is 5.91 Å². The number of phenolic OH excluding ortho intramolecular Hbond substituents is 1. The van der Waals surface area contributed by atoms with Crippen LogP contribution in [0.5, 0.6) is 11.5 Å². The van der Waals surface area contributed by atoms with Crippen molar-refractivity contribution in [2.75, 3.05) is 19.0 Å². The van der Waals surface area contributed by atoms with Crippen LogP contribution in [0.25, 0.3) is 0 Å². The number of carbonyl (C=O) groups excluding carboxylic acids is 3. The molecule has 3 rings (SSSR count). The van der Waals surface area contributed by atoms with Crippen molar-refractivity contribution < 1.29 is 29.0 Å². The molecule has 0 bridgehead atoms. The number of aromatic hydroxyl groups is 1. The molecule has 3 aromatic carbocycles. The van der Waals surface area contributed by atoms with Crippen LogP contribution in [-0.2, 0) is 20.7 Å². The maximum absolute atomic E-state index is 14.4. The van der Waals surface area contributed by atoms with Crippen LogP contribution in [0.2, 0.25) is 0 Å². The summed E-state index contributed by atoms with van der Waals surface area (Å²) in [5, 5.41) is 15.6. The minimum atomic E-state index is -1.05. The molecule has 3 aromatic rings. The van der Waals surface area contributed by atoms with Crippen LogP contribution in [0.4, 0.5) is 10.5 Å². The van der Waals surface area contributed by atoms with Gasteiger partial charge in [-0.3, -0.25) is 9.59 Å². The Hall–Kier alpha value is -4.53. The number of hydrogen-bond acceptors (Lipinski definition) is 6. The number of carbonyl (C=O) groups is 3. The first-order valence-electron chi connectivity index (χ1n) is 14.1.